The summed E-state index contributed by atoms with van der Waals surface area (Å²) >= 11 is 0. The molecule has 3 heterocycles. The highest BCUT2D eigenvalue weighted by Gasteiger charge is 2.38. The van der Waals surface area contributed by atoms with Crippen molar-refractivity contribution in [2.75, 3.05) is 18.5 Å². The maximum Gasteiger partial charge on any atom is 0.435 e. The molecule has 0 spiro atoms. The van der Waals surface area contributed by atoms with Crippen molar-refractivity contribution in [2.45, 2.75) is 38.5 Å². The van der Waals surface area contributed by atoms with Crippen LogP contribution >= 0.6 is 0 Å². The van der Waals surface area contributed by atoms with Crippen molar-refractivity contribution in [3.8, 4) is 11.3 Å². The fourth-order valence-corrected chi connectivity index (χ4v) is 4.37. The van der Waals surface area contributed by atoms with Crippen LogP contribution in [0.1, 0.15) is 35.0 Å². The molecular weight excluding hydrogens is 548 g/mol. The summed E-state index contributed by atoms with van der Waals surface area (Å²) in [7, 11) is 0. The predicted octanol–water partition coefficient (Wildman–Crippen LogP) is 3.66. The lowest BCUT2D eigenvalue weighted by Gasteiger charge is -2.13. The van der Waals surface area contributed by atoms with Gasteiger partial charge in [-0.1, -0.05) is 6.92 Å². The molecule has 1 aliphatic rings. The van der Waals surface area contributed by atoms with Gasteiger partial charge >= 0.3 is 6.18 Å². The molecule has 1 aromatic carbocycles. The maximum atomic E-state index is 13.7. The summed E-state index contributed by atoms with van der Waals surface area (Å²) in [6.07, 6.45) is 2.17. The van der Waals surface area contributed by atoms with E-state index in [1.165, 1.54) is 23.0 Å². The summed E-state index contributed by atoms with van der Waals surface area (Å²) in [5.41, 5.74) is 6.92. The zero-order chi connectivity index (χ0) is 29.7. The molecule has 11 nitrogen and oxygen atoms in total. The fourth-order valence-electron chi connectivity index (χ4n) is 4.37. The number of nitrogens with one attached hydrogen (secondary N) is 2. The molecule has 0 bridgehead atoms. The van der Waals surface area contributed by atoms with Crippen LogP contribution in [0.15, 0.2) is 43.0 Å². The van der Waals surface area contributed by atoms with Crippen molar-refractivity contribution in [3.63, 3.8) is 0 Å². The van der Waals surface area contributed by atoms with Gasteiger partial charge in [-0.25, -0.2) is 14.4 Å². The van der Waals surface area contributed by atoms with E-state index in [-0.39, 0.29) is 41.9 Å². The molecule has 0 radical (unpaired) electrons. The third kappa shape index (κ3) is 6.62. The number of amides is 1. The Balaban J connectivity index is 0.00000124. The lowest BCUT2D eigenvalue weighted by atomic mass is 10.0. The van der Waals surface area contributed by atoms with Gasteiger partial charge in [0, 0.05) is 42.4 Å². The minimum absolute atomic E-state index is 0.138. The SMILES string of the molecule is CCc1cc(Nc2nccn3c(-c4cn(CCF)nc4C(F)(F)F)cnc23)ccc1C(=O)NCC1CC1N.O=CO. The first kappa shape index (κ1) is 29.5. The Morgan fingerprint density at radius 1 is 1.29 bits per heavy atom. The van der Waals surface area contributed by atoms with Gasteiger partial charge in [-0.3, -0.25) is 18.7 Å². The van der Waals surface area contributed by atoms with Gasteiger partial charge in [-0.15, -0.1) is 0 Å². The number of nitrogens with zero attached hydrogens (tertiary/aromatic N) is 5. The maximum absolute atomic E-state index is 13.7. The van der Waals surface area contributed by atoms with E-state index in [1.807, 2.05) is 13.0 Å². The number of alkyl halides is 4. The number of hydrogen-bond donors (Lipinski definition) is 4. The number of aryl methyl sites for hydroxylation is 2. The molecule has 1 amide bonds. The van der Waals surface area contributed by atoms with Crippen LogP contribution in [0.25, 0.3) is 16.9 Å². The van der Waals surface area contributed by atoms with Crippen LogP contribution in [-0.2, 0) is 23.9 Å². The van der Waals surface area contributed by atoms with E-state index in [9.17, 15) is 22.4 Å². The van der Waals surface area contributed by atoms with Crippen molar-refractivity contribution in [1.82, 2.24) is 29.5 Å². The summed E-state index contributed by atoms with van der Waals surface area (Å²) in [6.45, 7) is 1.09. The molecule has 2 unspecified atom stereocenters. The van der Waals surface area contributed by atoms with Crippen molar-refractivity contribution < 1.29 is 32.3 Å². The minimum atomic E-state index is -4.73. The average Bonchev–Trinajstić information content (AvgIpc) is 3.27. The summed E-state index contributed by atoms with van der Waals surface area (Å²) in [5.74, 6) is 0.464. The molecule has 41 heavy (non-hydrogen) atoms. The molecule has 4 aromatic rings. The fraction of sp³-hybridized carbons (Fsp3) is 0.346. The lowest BCUT2D eigenvalue weighted by Crippen LogP contribution is -2.28. The zero-order valence-corrected chi connectivity index (χ0v) is 21.9. The number of nitrogens with two attached hydrogens (primary N) is 1. The highest BCUT2D eigenvalue weighted by Crippen LogP contribution is 2.37. The number of anilines is 2. The Hall–Kier alpha value is -4.53. The number of aromatic nitrogens is 5. The van der Waals surface area contributed by atoms with Crippen LogP contribution in [0, 0.1) is 5.92 Å². The van der Waals surface area contributed by atoms with Crippen molar-refractivity contribution in [1.29, 1.82) is 0 Å². The van der Waals surface area contributed by atoms with Gasteiger partial charge < -0.3 is 21.5 Å². The van der Waals surface area contributed by atoms with E-state index in [2.05, 4.69) is 25.7 Å². The number of hydrogen-bond acceptors (Lipinski definition) is 7. The Morgan fingerprint density at radius 3 is 2.66 bits per heavy atom. The highest BCUT2D eigenvalue weighted by molar-refractivity contribution is 5.96. The van der Waals surface area contributed by atoms with Gasteiger partial charge in [-0.05, 0) is 42.5 Å². The molecule has 5 N–H and O–H groups in total. The highest BCUT2D eigenvalue weighted by atomic mass is 19.4. The number of carboxylic acid groups (broad SMARTS) is 1. The van der Waals surface area contributed by atoms with E-state index in [0.717, 1.165) is 22.9 Å². The molecule has 1 aliphatic carbocycles. The smallest absolute Gasteiger partial charge is 0.435 e. The number of benzene rings is 1. The van der Waals surface area contributed by atoms with Crippen LogP contribution in [0.5, 0.6) is 0 Å². The van der Waals surface area contributed by atoms with E-state index < -0.39 is 18.5 Å². The molecule has 0 saturated heterocycles. The third-order valence-electron chi connectivity index (χ3n) is 6.54. The van der Waals surface area contributed by atoms with Crippen LogP contribution in [-0.4, -0.2) is 60.9 Å². The van der Waals surface area contributed by atoms with E-state index >= 15 is 0 Å². The van der Waals surface area contributed by atoms with E-state index in [4.69, 9.17) is 15.6 Å². The Morgan fingerprint density at radius 2 is 2.02 bits per heavy atom. The minimum Gasteiger partial charge on any atom is -0.483 e. The third-order valence-corrected chi connectivity index (χ3v) is 6.54. The molecule has 15 heteroatoms. The Bertz CT molecular complexity index is 1530. The first-order valence-electron chi connectivity index (χ1n) is 12.7. The number of fused-ring (bicyclic) bond motifs is 1. The normalized spacial score (nSPS) is 16.1. The second-order valence-electron chi connectivity index (χ2n) is 9.28. The number of carbonyl (C=O) groups is 2. The molecule has 0 aliphatic heterocycles. The van der Waals surface area contributed by atoms with Crippen molar-refractivity contribution in [2.24, 2.45) is 11.7 Å². The second kappa shape index (κ2) is 12.3. The Labute approximate surface area is 231 Å². The van der Waals surface area contributed by atoms with Gasteiger partial charge in [0.15, 0.2) is 17.2 Å². The quantitative estimate of drug-likeness (QED) is 0.174. The summed E-state index contributed by atoms with van der Waals surface area (Å²) in [5, 5.41) is 16.5. The molecule has 218 valence electrons. The summed E-state index contributed by atoms with van der Waals surface area (Å²) < 4.78 is 56.2. The van der Waals surface area contributed by atoms with Gasteiger partial charge in [0.1, 0.15) is 6.67 Å². The lowest BCUT2D eigenvalue weighted by molar-refractivity contribution is -0.141. The standard InChI is InChI=1S/C25H26F4N8O.CH2O2/c1-2-14-9-16(3-4-17(14)24(38)33-11-15-10-19(15)30)34-22-23-32-12-20(37(23)8-6-31-22)18-13-36(7-5-26)35-21(18)25(27,28)29;2-1-3/h3-4,6,8-9,12-13,15,19H,2,5,7,10-11,30H2,1H3,(H,31,34)(H,33,38);1H,(H,2,3). The number of rotatable bonds is 9. The predicted molar refractivity (Wildman–Crippen MR) is 141 cm³/mol. The first-order valence-corrected chi connectivity index (χ1v) is 12.7. The first-order chi connectivity index (χ1) is 19.6. The van der Waals surface area contributed by atoms with Gasteiger partial charge in [0.05, 0.1) is 24.0 Å². The van der Waals surface area contributed by atoms with E-state index in [1.54, 1.807) is 12.1 Å². The van der Waals surface area contributed by atoms with Gasteiger partial charge in [0.25, 0.3) is 12.4 Å². The number of halogens is 4. The van der Waals surface area contributed by atoms with Crippen molar-refractivity contribution in [3.05, 3.63) is 59.8 Å². The second-order valence-corrected chi connectivity index (χ2v) is 9.28. The molecular formula is C26H28F4N8O3. The number of carbonyl (C=O) groups excluding carboxylic acids is 1. The molecule has 2 atom stereocenters. The molecule has 1 fully saturated rings. The van der Waals surface area contributed by atoms with Crippen molar-refractivity contribution >= 4 is 29.5 Å². The van der Waals surface area contributed by atoms with Gasteiger partial charge in [0.2, 0.25) is 0 Å². The molecule has 3 aromatic heterocycles. The average molecular weight is 577 g/mol. The molecule has 5 rings (SSSR count). The van der Waals surface area contributed by atoms with Crippen LogP contribution in [0.4, 0.5) is 29.1 Å². The van der Waals surface area contributed by atoms with Crippen LogP contribution in [0.2, 0.25) is 0 Å². The topological polar surface area (TPSA) is 152 Å². The van der Waals surface area contributed by atoms with Crippen LogP contribution < -0.4 is 16.4 Å². The Kier molecular flexibility index (Phi) is 8.86. The zero-order valence-electron chi connectivity index (χ0n) is 21.9. The van der Waals surface area contributed by atoms with E-state index in [0.29, 0.717) is 36.0 Å². The largest absolute Gasteiger partial charge is 0.483 e. The summed E-state index contributed by atoms with van der Waals surface area (Å²) in [6, 6.07) is 5.43. The summed E-state index contributed by atoms with van der Waals surface area (Å²) in [4.78, 5) is 29.7. The van der Waals surface area contributed by atoms with Gasteiger partial charge in [-0.2, -0.15) is 18.3 Å². The monoisotopic (exact) mass is 576 g/mol. The molecule has 1 saturated carbocycles. The number of imidazole rings is 1. The van der Waals surface area contributed by atoms with Crippen LogP contribution in [0.3, 0.4) is 0 Å².